The van der Waals surface area contributed by atoms with Gasteiger partial charge in [-0.2, -0.15) is 18.2 Å². The zero-order chi connectivity index (χ0) is 21.1. The van der Waals surface area contributed by atoms with Crippen LogP contribution in [0.5, 0.6) is 11.5 Å². The van der Waals surface area contributed by atoms with E-state index in [-0.39, 0.29) is 0 Å². The first kappa shape index (κ1) is 19.7. The Labute approximate surface area is 169 Å². The molecule has 0 aliphatic rings. The molecule has 152 valence electrons. The van der Waals surface area contributed by atoms with Crippen LogP contribution >= 0.6 is 0 Å². The molecule has 0 atom stereocenters. The van der Waals surface area contributed by atoms with E-state index in [4.69, 9.17) is 15.0 Å². The highest BCUT2D eigenvalue weighted by molar-refractivity contribution is 5.60. The van der Waals surface area contributed by atoms with Crippen molar-refractivity contribution in [1.29, 1.82) is 0 Å². The van der Waals surface area contributed by atoms with Crippen molar-refractivity contribution < 1.29 is 22.4 Å². The van der Waals surface area contributed by atoms with E-state index in [9.17, 15) is 13.2 Å². The third kappa shape index (κ3) is 4.33. The van der Waals surface area contributed by atoms with Gasteiger partial charge in [0.1, 0.15) is 11.5 Å². The first-order valence-electron chi connectivity index (χ1n) is 9.01. The smallest absolute Gasteiger partial charge is 0.416 e. The number of hydrogen-bond donors (Lipinski definition) is 1. The quantitative estimate of drug-likeness (QED) is 0.458. The summed E-state index contributed by atoms with van der Waals surface area (Å²) in [4.78, 5) is 4.40. The molecule has 30 heavy (non-hydrogen) atoms. The summed E-state index contributed by atoms with van der Waals surface area (Å²) in [6.07, 6.45) is -4.38. The van der Waals surface area contributed by atoms with E-state index >= 15 is 0 Å². The Morgan fingerprint density at radius 1 is 0.800 bits per heavy atom. The number of nitrogens with zero attached hydrogens (tertiary/aromatic N) is 2. The normalized spacial score (nSPS) is 11.5. The average Bonchev–Trinajstić information content (AvgIpc) is 3.24. The van der Waals surface area contributed by atoms with Crippen molar-refractivity contribution in [2.24, 2.45) is 5.73 Å². The molecule has 0 aliphatic heterocycles. The Hall–Kier alpha value is -3.65. The Bertz CT molecular complexity index is 1120. The van der Waals surface area contributed by atoms with Crippen LogP contribution in [-0.2, 0) is 12.7 Å². The van der Waals surface area contributed by atoms with Crippen molar-refractivity contribution in [3.8, 4) is 34.3 Å². The van der Waals surface area contributed by atoms with Crippen LogP contribution in [0.25, 0.3) is 22.8 Å². The van der Waals surface area contributed by atoms with Crippen molar-refractivity contribution in [2.45, 2.75) is 12.7 Å². The van der Waals surface area contributed by atoms with Crippen LogP contribution in [-0.4, -0.2) is 10.1 Å². The van der Waals surface area contributed by atoms with Crippen LogP contribution in [0.15, 0.2) is 77.3 Å². The van der Waals surface area contributed by atoms with Crippen molar-refractivity contribution >= 4 is 0 Å². The molecule has 0 amide bonds. The fraction of sp³-hybridized carbons (Fsp3) is 0.0909. The SMILES string of the molecule is NCc1ccc(-c2nc(-c3ccc(Oc4ccc(C(F)(F)F)cc4)cc3)no2)cc1. The minimum absolute atomic E-state index is 0.304. The number of nitrogens with two attached hydrogens (primary N) is 1. The lowest BCUT2D eigenvalue weighted by molar-refractivity contribution is -0.137. The van der Waals surface area contributed by atoms with Gasteiger partial charge in [-0.3, -0.25) is 0 Å². The largest absolute Gasteiger partial charge is 0.457 e. The van der Waals surface area contributed by atoms with Gasteiger partial charge in [0.15, 0.2) is 0 Å². The summed E-state index contributed by atoms with van der Waals surface area (Å²) in [5.74, 6) is 1.57. The molecule has 0 saturated carbocycles. The van der Waals surface area contributed by atoms with Crippen LogP contribution in [0.1, 0.15) is 11.1 Å². The van der Waals surface area contributed by atoms with Crippen LogP contribution in [0.3, 0.4) is 0 Å². The molecule has 0 aliphatic carbocycles. The Morgan fingerprint density at radius 3 is 1.93 bits per heavy atom. The molecule has 5 nitrogen and oxygen atoms in total. The predicted molar refractivity (Wildman–Crippen MR) is 105 cm³/mol. The van der Waals surface area contributed by atoms with Gasteiger partial charge in [0, 0.05) is 17.7 Å². The summed E-state index contributed by atoms with van der Waals surface area (Å²) in [5, 5.41) is 3.99. The molecular formula is C22H16F3N3O2. The lowest BCUT2D eigenvalue weighted by Gasteiger charge is -2.09. The molecule has 0 saturated heterocycles. The van der Waals surface area contributed by atoms with Crippen LogP contribution in [0, 0.1) is 0 Å². The molecule has 1 heterocycles. The van der Waals surface area contributed by atoms with Crippen molar-refractivity contribution in [1.82, 2.24) is 10.1 Å². The van der Waals surface area contributed by atoms with Gasteiger partial charge in [-0.25, -0.2) is 0 Å². The molecule has 0 fully saturated rings. The third-order valence-corrected chi connectivity index (χ3v) is 4.39. The summed E-state index contributed by atoms with van der Waals surface area (Å²) < 4.78 is 48.8. The summed E-state index contributed by atoms with van der Waals surface area (Å²) in [5.41, 5.74) is 7.37. The first-order valence-corrected chi connectivity index (χ1v) is 9.01. The molecule has 2 N–H and O–H groups in total. The van der Waals surface area contributed by atoms with E-state index in [1.165, 1.54) is 12.1 Å². The standard InChI is InChI=1S/C22H16F3N3O2/c23-22(24,25)17-7-11-19(12-8-17)29-18-9-5-15(6-10-18)20-27-21(30-28-20)16-3-1-14(13-26)2-4-16/h1-12H,13,26H2. The lowest BCUT2D eigenvalue weighted by Crippen LogP contribution is -2.03. The molecule has 1 aromatic heterocycles. The second-order valence-corrected chi connectivity index (χ2v) is 6.47. The molecule has 3 aromatic carbocycles. The van der Waals surface area contributed by atoms with Crippen LogP contribution < -0.4 is 10.5 Å². The lowest BCUT2D eigenvalue weighted by atomic mass is 10.1. The second-order valence-electron chi connectivity index (χ2n) is 6.47. The average molecular weight is 411 g/mol. The van der Waals surface area contributed by atoms with Gasteiger partial charge in [0.2, 0.25) is 5.82 Å². The predicted octanol–water partition coefficient (Wildman–Crippen LogP) is 5.67. The highest BCUT2D eigenvalue weighted by atomic mass is 19.4. The fourth-order valence-corrected chi connectivity index (χ4v) is 2.76. The van der Waals surface area contributed by atoms with Crippen molar-refractivity contribution in [3.63, 3.8) is 0 Å². The molecule has 4 aromatic rings. The number of alkyl halides is 3. The van der Waals surface area contributed by atoms with Gasteiger partial charge < -0.3 is 15.0 Å². The van der Waals surface area contributed by atoms with E-state index in [1.54, 1.807) is 24.3 Å². The van der Waals surface area contributed by atoms with E-state index in [2.05, 4.69) is 10.1 Å². The monoisotopic (exact) mass is 411 g/mol. The van der Waals surface area contributed by atoms with Gasteiger partial charge >= 0.3 is 6.18 Å². The van der Waals surface area contributed by atoms with Gasteiger partial charge in [-0.15, -0.1) is 0 Å². The van der Waals surface area contributed by atoms with E-state index < -0.39 is 11.7 Å². The zero-order valence-electron chi connectivity index (χ0n) is 15.6. The Morgan fingerprint density at radius 2 is 1.37 bits per heavy atom. The maximum absolute atomic E-state index is 12.6. The number of aromatic nitrogens is 2. The number of ether oxygens (including phenoxy) is 1. The van der Waals surface area contributed by atoms with Gasteiger partial charge in [-0.1, -0.05) is 17.3 Å². The number of halogens is 3. The van der Waals surface area contributed by atoms with Crippen LogP contribution in [0.2, 0.25) is 0 Å². The summed E-state index contributed by atoms with van der Waals surface area (Å²) in [6, 6.07) is 18.9. The Balaban J connectivity index is 1.46. The zero-order valence-corrected chi connectivity index (χ0v) is 15.6. The number of hydrogen-bond acceptors (Lipinski definition) is 5. The molecule has 0 bridgehead atoms. The summed E-state index contributed by atoms with van der Waals surface area (Å²) in [6.45, 7) is 0.455. The fourth-order valence-electron chi connectivity index (χ4n) is 2.76. The van der Waals surface area contributed by atoms with E-state index in [0.29, 0.717) is 35.3 Å². The summed E-state index contributed by atoms with van der Waals surface area (Å²) in [7, 11) is 0. The summed E-state index contributed by atoms with van der Waals surface area (Å²) >= 11 is 0. The van der Waals surface area contributed by atoms with E-state index in [0.717, 1.165) is 23.3 Å². The second kappa shape index (κ2) is 8.00. The van der Waals surface area contributed by atoms with Gasteiger partial charge in [0.05, 0.1) is 5.56 Å². The first-order chi connectivity index (χ1) is 14.4. The molecule has 0 unspecified atom stereocenters. The molecule has 0 spiro atoms. The third-order valence-electron chi connectivity index (χ3n) is 4.39. The highest BCUT2D eigenvalue weighted by Gasteiger charge is 2.30. The molecule has 8 heteroatoms. The van der Waals surface area contributed by atoms with Gasteiger partial charge in [-0.05, 0) is 66.2 Å². The number of benzene rings is 3. The minimum atomic E-state index is -4.38. The number of rotatable bonds is 5. The van der Waals surface area contributed by atoms with Gasteiger partial charge in [0.25, 0.3) is 5.89 Å². The van der Waals surface area contributed by atoms with Crippen molar-refractivity contribution in [2.75, 3.05) is 0 Å². The maximum Gasteiger partial charge on any atom is 0.416 e. The molecule has 4 rings (SSSR count). The van der Waals surface area contributed by atoms with E-state index in [1.807, 2.05) is 24.3 Å². The Kier molecular flexibility index (Phi) is 5.24. The minimum Gasteiger partial charge on any atom is -0.457 e. The topological polar surface area (TPSA) is 74.2 Å². The molecule has 0 radical (unpaired) electrons. The van der Waals surface area contributed by atoms with Crippen LogP contribution in [0.4, 0.5) is 13.2 Å². The highest BCUT2D eigenvalue weighted by Crippen LogP contribution is 2.32. The maximum atomic E-state index is 12.6. The van der Waals surface area contributed by atoms with Crippen molar-refractivity contribution in [3.05, 3.63) is 83.9 Å². The molecular weight excluding hydrogens is 395 g/mol.